The molecule has 0 saturated heterocycles. The van der Waals surface area contributed by atoms with Gasteiger partial charge in [0.1, 0.15) is 0 Å². The number of esters is 1. The van der Waals surface area contributed by atoms with Crippen LogP contribution in [0.25, 0.3) is 0 Å². The monoisotopic (exact) mass is 278 g/mol. The lowest BCUT2D eigenvalue weighted by atomic mass is 10.1. The van der Waals surface area contributed by atoms with Crippen molar-refractivity contribution in [2.75, 3.05) is 0 Å². The maximum Gasteiger partial charge on any atom is 0.339 e. The number of ether oxygens (including phenoxy) is 1. The Labute approximate surface area is 125 Å². The molecule has 0 aliphatic rings. The van der Waals surface area contributed by atoms with E-state index in [1.165, 1.54) is 0 Å². The van der Waals surface area contributed by atoms with Gasteiger partial charge in [-0.2, -0.15) is 0 Å². The van der Waals surface area contributed by atoms with E-state index in [-0.39, 0.29) is 12.1 Å². The standard InChI is InChI=1S/C19H18O2/c1-2-9-18(15-14-16-10-5-3-6-11-16)21-19(20)17-12-7-4-8-13-17/h3-8,10-13,18H,2,9H2,1H3. The molecule has 2 heteroatoms. The van der Waals surface area contributed by atoms with Gasteiger partial charge in [0, 0.05) is 5.56 Å². The number of hydrogen-bond acceptors (Lipinski definition) is 2. The molecule has 0 aliphatic heterocycles. The van der Waals surface area contributed by atoms with Gasteiger partial charge in [0.15, 0.2) is 6.10 Å². The molecule has 0 saturated carbocycles. The Kier molecular flexibility index (Phi) is 5.60. The van der Waals surface area contributed by atoms with Gasteiger partial charge in [-0.3, -0.25) is 0 Å². The molecular weight excluding hydrogens is 260 g/mol. The number of carbonyl (C=O) groups excluding carboxylic acids is 1. The first-order valence-electron chi connectivity index (χ1n) is 7.12. The predicted octanol–water partition coefficient (Wildman–Crippen LogP) is 4.06. The van der Waals surface area contributed by atoms with Crippen LogP contribution in [0.2, 0.25) is 0 Å². The predicted molar refractivity (Wildman–Crippen MR) is 83.9 cm³/mol. The van der Waals surface area contributed by atoms with E-state index in [9.17, 15) is 4.79 Å². The Balaban J connectivity index is 2.06. The van der Waals surface area contributed by atoms with Crippen molar-refractivity contribution < 1.29 is 9.53 Å². The van der Waals surface area contributed by atoms with Crippen LogP contribution >= 0.6 is 0 Å². The molecule has 0 bridgehead atoms. The van der Waals surface area contributed by atoms with Crippen molar-refractivity contribution in [3.8, 4) is 11.8 Å². The van der Waals surface area contributed by atoms with Gasteiger partial charge in [0.2, 0.25) is 0 Å². The Morgan fingerprint density at radius 1 is 1.05 bits per heavy atom. The molecule has 21 heavy (non-hydrogen) atoms. The Morgan fingerprint density at radius 2 is 1.67 bits per heavy atom. The maximum atomic E-state index is 12.1. The zero-order valence-electron chi connectivity index (χ0n) is 12.1. The first-order valence-corrected chi connectivity index (χ1v) is 7.12. The first-order chi connectivity index (χ1) is 10.3. The van der Waals surface area contributed by atoms with Crippen LogP contribution in [0.5, 0.6) is 0 Å². The number of hydrogen-bond donors (Lipinski definition) is 0. The topological polar surface area (TPSA) is 26.3 Å². The van der Waals surface area contributed by atoms with Crippen molar-refractivity contribution in [1.82, 2.24) is 0 Å². The first kappa shape index (κ1) is 14.9. The molecule has 0 spiro atoms. The van der Waals surface area contributed by atoms with Crippen LogP contribution in [0.3, 0.4) is 0 Å². The summed E-state index contributed by atoms with van der Waals surface area (Å²) in [6.45, 7) is 2.05. The molecule has 2 nitrogen and oxygen atoms in total. The summed E-state index contributed by atoms with van der Waals surface area (Å²) >= 11 is 0. The quantitative estimate of drug-likeness (QED) is 0.622. The third-order valence-corrected chi connectivity index (χ3v) is 2.96. The fraction of sp³-hybridized carbons (Fsp3) is 0.211. The maximum absolute atomic E-state index is 12.1. The van der Waals surface area contributed by atoms with Crippen LogP contribution in [0.15, 0.2) is 60.7 Å². The lowest BCUT2D eigenvalue weighted by molar-refractivity contribution is 0.0396. The van der Waals surface area contributed by atoms with Gasteiger partial charge in [-0.05, 0) is 30.7 Å². The van der Waals surface area contributed by atoms with E-state index in [4.69, 9.17) is 4.74 Å². The van der Waals surface area contributed by atoms with Crippen molar-refractivity contribution in [1.29, 1.82) is 0 Å². The SMILES string of the molecule is CCCC(C#Cc1ccccc1)OC(=O)c1ccccc1. The van der Waals surface area contributed by atoms with Gasteiger partial charge in [0.05, 0.1) is 5.56 Å². The second-order valence-electron chi connectivity index (χ2n) is 4.68. The molecule has 0 aromatic heterocycles. The van der Waals surface area contributed by atoms with Crippen LogP contribution < -0.4 is 0 Å². The number of benzene rings is 2. The summed E-state index contributed by atoms with van der Waals surface area (Å²) in [4.78, 5) is 12.1. The third kappa shape index (κ3) is 4.81. The lowest BCUT2D eigenvalue weighted by Gasteiger charge is -2.11. The molecule has 0 N–H and O–H groups in total. The Bertz CT molecular complexity index is 621. The number of rotatable bonds is 4. The van der Waals surface area contributed by atoms with Crippen LogP contribution in [-0.4, -0.2) is 12.1 Å². The highest BCUT2D eigenvalue weighted by Crippen LogP contribution is 2.08. The van der Waals surface area contributed by atoms with Gasteiger partial charge >= 0.3 is 5.97 Å². The Hall–Kier alpha value is -2.53. The van der Waals surface area contributed by atoms with Gasteiger partial charge in [-0.1, -0.05) is 61.6 Å². The highest BCUT2D eigenvalue weighted by molar-refractivity contribution is 5.89. The third-order valence-electron chi connectivity index (χ3n) is 2.96. The molecule has 0 radical (unpaired) electrons. The summed E-state index contributed by atoms with van der Waals surface area (Å²) in [5.41, 5.74) is 1.48. The van der Waals surface area contributed by atoms with E-state index in [1.54, 1.807) is 12.1 Å². The molecular formula is C19H18O2. The minimum Gasteiger partial charge on any atom is -0.446 e. The second kappa shape index (κ2) is 7.91. The zero-order valence-corrected chi connectivity index (χ0v) is 12.1. The molecule has 1 unspecified atom stereocenters. The van der Waals surface area contributed by atoms with Crippen molar-refractivity contribution in [3.63, 3.8) is 0 Å². The van der Waals surface area contributed by atoms with E-state index >= 15 is 0 Å². The molecule has 0 heterocycles. The molecule has 0 amide bonds. The van der Waals surface area contributed by atoms with Gasteiger partial charge in [-0.25, -0.2) is 4.79 Å². The summed E-state index contributed by atoms with van der Waals surface area (Å²) in [5, 5.41) is 0. The second-order valence-corrected chi connectivity index (χ2v) is 4.68. The van der Waals surface area contributed by atoms with Crippen molar-refractivity contribution >= 4 is 5.97 Å². The van der Waals surface area contributed by atoms with Gasteiger partial charge in [-0.15, -0.1) is 0 Å². The average Bonchev–Trinajstić information content (AvgIpc) is 2.54. The molecule has 1 atom stereocenters. The molecule has 106 valence electrons. The minimum absolute atomic E-state index is 0.323. The summed E-state index contributed by atoms with van der Waals surface area (Å²) in [6, 6.07) is 18.7. The summed E-state index contributed by atoms with van der Waals surface area (Å²) < 4.78 is 5.49. The van der Waals surface area contributed by atoms with E-state index in [0.29, 0.717) is 5.56 Å². The molecule has 2 aromatic rings. The smallest absolute Gasteiger partial charge is 0.339 e. The summed E-state index contributed by atoms with van der Waals surface area (Å²) in [6.07, 6.45) is 1.28. The normalized spacial score (nSPS) is 11.1. The zero-order chi connectivity index (χ0) is 14.9. The minimum atomic E-state index is -0.372. The molecule has 2 rings (SSSR count). The van der Waals surface area contributed by atoms with E-state index in [1.807, 2.05) is 55.5 Å². The fourth-order valence-corrected chi connectivity index (χ4v) is 1.88. The van der Waals surface area contributed by atoms with Crippen LogP contribution in [-0.2, 0) is 4.74 Å². The molecule has 0 aliphatic carbocycles. The van der Waals surface area contributed by atoms with Crippen LogP contribution in [0.1, 0.15) is 35.7 Å². The van der Waals surface area contributed by atoms with E-state index in [2.05, 4.69) is 11.8 Å². The van der Waals surface area contributed by atoms with E-state index < -0.39 is 0 Å². The van der Waals surface area contributed by atoms with E-state index in [0.717, 1.165) is 18.4 Å². The highest BCUT2D eigenvalue weighted by atomic mass is 16.5. The van der Waals surface area contributed by atoms with Crippen LogP contribution in [0, 0.1) is 11.8 Å². The summed E-state index contributed by atoms with van der Waals surface area (Å²) in [7, 11) is 0. The molecule has 2 aromatic carbocycles. The summed E-state index contributed by atoms with van der Waals surface area (Å²) in [5.74, 6) is 5.78. The van der Waals surface area contributed by atoms with Gasteiger partial charge < -0.3 is 4.74 Å². The van der Waals surface area contributed by atoms with Crippen molar-refractivity contribution in [3.05, 3.63) is 71.8 Å². The fourth-order valence-electron chi connectivity index (χ4n) is 1.88. The Morgan fingerprint density at radius 3 is 2.29 bits per heavy atom. The van der Waals surface area contributed by atoms with Crippen molar-refractivity contribution in [2.24, 2.45) is 0 Å². The van der Waals surface area contributed by atoms with Crippen LogP contribution in [0.4, 0.5) is 0 Å². The van der Waals surface area contributed by atoms with Crippen molar-refractivity contribution in [2.45, 2.75) is 25.9 Å². The highest BCUT2D eigenvalue weighted by Gasteiger charge is 2.12. The number of carbonyl (C=O) groups is 1. The average molecular weight is 278 g/mol. The van der Waals surface area contributed by atoms with Gasteiger partial charge in [0.25, 0.3) is 0 Å². The lowest BCUT2D eigenvalue weighted by Crippen LogP contribution is -2.16. The molecule has 0 fully saturated rings. The largest absolute Gasteiger partial charge is 0.446 e.